The summed E-state index contributed by atoms with van der Waals surface area (Å²) < 4.78 is 0. The zero-order valence-electron chi connectivity index (χ0n) is 9.20. The number of anilines is 3. The molecular formula is C13H15N3. The summed E-state index contributed by atoms with van der Waals surface area (Å²) in [5.74, 6) is 0. The third-order valence-electron chi connectivity index (χ3n) is 2.49. The Labute approximate surface area is 95.1 Å². The van der Waals surface area contributed by atoms with Gasteiger partial charge in [-0.25, -0.2) is 0 Å². The fourth-order valence-electron chi connectivity index (χ4n) is 1.64. The van der Waals surface area contributed by atoms with Gasteiger partial charge in [-0.1, -0.05) is 12.1 Å². The lowest BCUT2D eigenvalue weighted by Crippen LogP contribution is -1.92. The van der Waals surface area contributed by atoms with Gasteiger partial charge in [0, 0.05) is 24.1 Å². The van der Waals surface area contributed by atoms with E-state index in [0.29, 0.717) is 0 Å². The van der Waals surface area contributed by atoms with Crippen molar-refractivity contribution in [2.45, 2.75) is 0 Å². The second kappa shape index (κ2) is 4.14. The predicted octanol–water partition coefficient (Wildman–Crippen LogP) is 2.56. The lowest BCUT2D eigenvalue weighted by Gasteiger charge is -2.07. The molecule has 0 aromatic heterocycles. The monoisotopic (exact) mass is 213 g/mol. The Morgan fingerprint density at radius 3 is 2.12 bits per heavy atom. The molecule has 0 fully saturated rings. The van der Waals surface area contributed by atoms with Crippen LogP contribution in [-0.4, -0.2) is 7.05 Å². The van der Waals surface area contributed by atoms with Crippen molar-refractivity contribution in [1.29, 1.82) is 0 Å². The van der Waals surface area contributed by atoms with E-state index >= 15 is 0 Å². The molecule has 0 radical (unpaired) electrons. The first-order valence-corrected chi connectivity index (χ1v) is 5.13. The highest BCUT2D eigenvalue weighted by Crippen LogP contribution is 2.26. The fourth-order valence-corrected chi connectivity index (χ4v) is 1.64. The highest BCUT2D eigenvalue weighted by Gasteiger charge is 2.00. The summed E-state index contributed by atoms with van der Waals surface area (Å²) in [5, 5.41) is 3.08. The molecule has 3 nitrogen and oxygen atoms in total. The number of nitrogens with one attached hydrogen (secondary N) is 1. The Morgan fingerprint density at radius 1 is 0.812 bits per heavy atom. The first-order chi connectivity index (χ1) is 7.69. The van der Waals surface area contributed by atoms with E-state index in [1.54, 1.807) is 0 Å². The van der Waals surface area contributed by atoms with Crippen LogP contribution in [0.3, 0.4) is 0 Å². The second-order valence-corrected chi connectivity index (χ2v) is 3.72. The number of nitrogen functional groups attached to an aromatic ring is 2. The molecule has 0 amide bonds. The summed E-state index contributed by atoms with van der Waals surface area (Å²) >= 11 is 0. The van der Waals surface area contributed by atoms with E-state index in [-0.39, 0.29) is 0 Å². The van der Waals surface area contributed by atoms with Gasteiger partial charge in [-0.2, -0.15) is 0 Å². The zero-order valence-corrected chi connectivity index (χ0v) is 9.20. The fraction of sp³-hybridized carbons (Fsp3) is 0.0769. The van der Waals surface area contributed by atoms with Crippen LogP contribution in [0.25, 0.3) is 11.1 Å². The van der Waals surface area contributed by atoms with Crippen LogP contribution in [-0.2, 0) is 0 Å². The lowest BCUT2D eigenvalue weighted by atomic mass is 10.0. The van der Waals surface area contributed by atoms with E-state index in [0.717, 1.165) is 28.2 Å². The minimum atomic E-state index is 0.749. The average molecular weight is 213 g/mol. The van der Waals surface area contributed by atoms with E-state index in [4.69, 9.17) is 11.5 Å². The summed E-state index contributed by atoms with van der Waals surface area (Å²) in [5.41, 5.74) is 16.2. The number of nitrogens with two attached hydrogens (primary N) is 2. The topological polar surface area (TPSA) is 64.1 Å². The molecule has 16 heavy (non-hydrogen) atoms. The summed E-state index contributed by atoms with van der Waals surface area (Å²) in [6.45, 7) is 0. The molecule has 2 aromatic carbocycles. The molecule has 5 N–H and O–H groups in total. The maximum atomic E-state index is 5.84. The third-order valence-corrected chi connectivity index (χ3v) is 2.49. The number of benzene rings is 2. The van der Waals surface area contributed by atoms with Gasteiger partial charge >= 0.3 is 0 Å². The van der Waals surface area contributed by atoms with E-state index in [1.807, 2.05) is 43.4 Å². The van der Waals surface area contributed by atoms with Gasteiger partial charge in [0.15, 0.2) is 0 Å². The molecule has 0 aliphatic heterocycles. The van der Waals surface area contributed by atoms with Crippen LogP contribution in [0, 0.1) is 0 Å². The molecule has 0 bridgehead atoms. The summed E-state index contributed by atoms with van der Waals surface area (Å²) in [4.78, 5) is 0. The predicted molar refractivity (Wildman–Crippen MR) is 70.2 cm³/mol. The van der Waals surface area contributed by atoms with Crippen molar-refractivity contribution in [1.82, 2.24) is 0 Å². The second-order valence-electron chi connectivity index (χ2n) is 3.72. The molecule has 2 rings (SSSR count). The largest absolute Gasteiger partial charge is 0.399 e. The average Bonchev–Trinajstić information content (AvgIpc) is 2.29. The first kappa shape index (κ1) is 10.4. The van der Waals surface area contributed by atoms with Gasteiger partial charge in [0.1, 0.15) is 0 Å². The maximum absolute atomic E-state index is 5.84. The molecule has 3 heteroatoms. The minimum Gasteiger partial charge on any atom is -0.399 e. The van der Waals surface area contributed by atoms with E-state index < -0.39 is 0 Å². The summed E-state index contributed by atoms with van der Waals surface area (Å²) in [7, 11) is 1.88. The van der Waals surface area contributed by atoms with Crippen LogP contribution < -0.4 is 16.8 Å². The summed E-state index contributed by atoms with van der Waals surface area (Å²) in [6.07, 6.45) is 0. The Morgan fingerprint density at radius 2 is 1.50 bits per heavy atom. The van der Waals surface area contributed by atoms with Crippen molar-refractivity contribution in [3.63, 3.8) is 0 Å². The highest BCUT2D eigenvalue weighted by molar-refractivity contribution is 5.73. The van der Waals surface area contributed by atoms with Gasteiger partial charge in [0.2, 0.25) is 0 Å². The molecule has 0 atom stereocenters. The Bertz CT molecular complexity index is 489. The molecule has 0 saturated heterocycles. The third kappa shape index (κ3) is 2.08. The van der Waals surface area contributed by atoms with Gasteiger partial charge in [0.05, 0.1) is 0 Å². The molecule has 82 valence electrons. The standard InChI is InChI=1S/C13H15N3/c1-16-13-7-10(6-12(15)8-13)9-2-4-11(14)5-3-9/h2-8,16H,14-15H2,1H3. The minimum absolute atomic E-state index is 0.749. The van der Waals surface area contributed by atoms with Crippen molar-refractivity contribution in [3.8, 4) is 11.1 Å². The van der Waals surface area contributed by atoms with E-state index in [1.165, 1.54) is 0 Å². The van der Waals surface area contributed by atoms with Crippen molar-refractivity contribution >= 4 is 17.1 Å². The molecular weight excluding hydrogens is 198 g/mol. The summed E-state index contributed by atoms with van der Waals surface area (Å²) in [6, 6.07) is 13.7. The molecule has 2 aromatic rings. The van der Waals surface area contributed by atoms with E-state index in [2.05, 4.69) is 11.4 Å². The van der Waals surface area contributed by atoms with Gasteiger partial charge in [-0.3, -0.25) is 0 Å². The quantitative estimate of drug-likeness (QED) is 0.672. The van der Waals surface area contributed by atoms with E-state index in [9.17, 15) is 0 Å². The molecule has 0 saturated carbocycles. The number of hydrogen-bond donors (Lipinski definition) is 3. The first-order valence-electron chi connectivity index (χ1n) is 5.13. The normalized spacial score (nSPS) is 10.1. The van der Waals surface area contributed by atoms with Crippen molar-refractivity contribution in [2.75, 3.05) is 23.8 Å². The van der Waals surface area contributed by atoms with Crippen LogP contribution >= 0.6 is 0 Å². The molecule has 0 unspecified atom stereocenters. The molecule has 0 aliphatic carbocycles. The molecule has 0 heterocycles. The van der Waals surface area contributed by atoms with Crippen LogP contribution in [0.15, 0.2) is 42.5 Å². The van der Waals surface area contributed by atoms with Crippen LogP contribution in [0.5, 0.6) is 0 Å². The maximum Gasteiger partial charge on any atom is 0.0364 e. The Balaban J connectivity index is 2.47. The van der Waals surface area contributed by atoms with Gasteiger partial charge in [-0.15, -0.1) is 0 Å². The van der Waals surface area contributed by atoms with Gasteiger partial charge in [0.25, 0.3) is 0 Å². The van der Waals surface area contributed by atoms with Crippen molar-refractivity contribution in [3.05, 3.63) is 42.5 Å². The number of hydrogen-bond acceptors (Lipinski definition) is 3. The number of rotatable bonds is 2. The Kier molecular flexibility index (Phi) is 2.68. The Hall–Kier alpha value is -2.16. The smallest absolute Gasteiger partial charge is 0.0364 e. The van der Waals surface area contributed by atoms with Gasteiger partial charge in [-0.05, 0) is 41.5 Å². The zero-order chi connectivity index (χ0) is 11.5. The molecule has 0 aliphatic rings. The van der Waals surface area contributed by atoms with Crippen LogP contribution in [0.4, 0.5) is 17.1 Å². The highest BCUT2D eigenvalue weighted by atomic mass is 14.8. The van der Waals surface area contributed by atoms with Crippen LogP contribution in [0.1, 0.15) is 0 Å². The molecule has 0 spiro atoms. The lowest BCUT2D eigenvalue weighted by molar-refractivity contribution is 1.50. The SMILES string of the molecule is CNc1cc(N)cc(-c2ccc(N)cc2)c1. The van der Waals surface area contributed by atoms with Gasteiger partial charge < -0.3 is 16.8 Å². The van der Waals surface area contributed by atoms with Crippen molar-refractivity contribution < 1.29 is 0 Å². The van der Waals surface area contributed by atoms with Crippen molar-refractivity contribution in [2.24, 2.45) is 0 Å². The van der Waals surface area contributed by atoms with Crippen LogP contribution in [0.2, 0.25) is 0 Å².